The minimum absolute atomic E-state index is 0.194. The summed E-state index contributed by atoms with van der Waals surface area (Å²) in [6.07, 6.45) is 1.60. The molecule has 1 amide bonds. The minimum atomic E-state index is -0.194. The zero-order chi connectivity index (χ0) is 19.4. The number of hydrogen-bond acceptors (Lipinski definition) is 4. The third kappa shape index (κ3) is 4.77. The molecule has 5 nitrogen and oxygen atoms in total. The third-order valence-electron chi connectivity index (χ3n) is 4.11. The highest BCUT2D eigenvalue weighted by molar-refractivity contribution is 6.31. The van der Waals surface area contributed by atoms with Gasteiger partial charge in [0.25, 0.3) is 5.91 Å². The summed E-state index contributed by atoms with van der Waals surface area (Å²) in [5.41, 5.74) is 4.14. The lowest BCUT2D eigenvalue weighted by molar-refractivity contribution is 0.102. The van der Waals surface area contributed by atoms with Gasteiger partial charge in [-0.3, -0.25) is 4.79 Å². The van der Waals surface area contributed by atoms with Crippen molar-refractivity contribution >= 4 is 40.4 Å². The molecule has 0 unspecified atom stereocenters. The van der Waals surface area contributed by atoms with E-state index in [2.05, 4.69) is 15.6 Å². The van der Waals surface area contributed by atoms with Crippen LogP contribution in [0.4, 0.5) is 22.9 Å². The predicted molar refractivity (Wildman–Crippen MR) is 112 cm³/mol. The predicted octanol–water partition coefficient (Wildman–Crippen LogP) is 5.11. The van der Waals surface area contributed by atoms with Crippen LogP contribution in [-0.2, 0) is 0 Å². The molecule has 1 heterocycles. The third-order valence-corrected chi connectivity index (χ3v) is 4.52. The quantitative estimate of drug-likeness (QED) is 0.646. The van der Waals surface area contributed by atoms with E-state index in [4.69, 9.17) is 11.6 Å². The van der Waals surface area contributed by atoms with Gasteiger partial charge >= 0.3 is 0 Å². The molecule has 2 N–H and O–H groups in total. The van der Waals surface area contributed by atoms with Gasteiger partial charge in [0.2, 0.25) is 0 Å². The Morgan fingerprint density at radius 3 is 2.37 bits per heavy atom. The molecule has 0 spiro atoms. The van der Waals surface area contributed by atoms with Gasteiger partial charge in [0.05, 0.1) is 0 Å². The first-order valence-electron chi connectivity index (χ1n) is 8.50. The fourth-order valence-corrected chi connectivity index (χ4v) is 2.69. The number of hydrogen-bond donors (Lipinski definition) is 2. The van der Waals surface area contributed by atoms with E-state index in [9.17, 15) is 4.79 Å². The van der Waals surface area contributed by atoms with Crippen molar-refractivity contribution in [3.8, 4) is 0 Å². The molecule has 0 fully saturated rings. The van der Waals surface area contributed by atoms with Crippen LogP contribution < -0.4 is 15.5 Å². The number of nitrogens with one attached hydrogen (secondary N) is 2. The van der Waals surface area contributed by atoms with Crippen LogP contribution in [0.1, 0.15) is 15.9 Å². The van der Waals surface area contributed by atoms with E-state index in [0.717, 1.165) is 22.6 Å². The van der Waals surface area contributed by atoms with Crippen LogP contribution in [0.5, 0.6) is 0 Å². The van der Waals surface area contributed by atoms with E-state index in [0.29, 0.717) is 16.4 Å². The monoisotopic (exact) mass is 380 g/mol. The van der Waals surface area contributed by atoms with Crippen molar-refractivity contribution in [1.82, 2.24) is 4.98 Å². The van der Waals surface area contributed by atoms with Gasteiger partial charge in [-0.25, -0.2) is 4.98 Å². The molecule has 138 valence electrons. The number of carbonyl (C=O) groups is 1. The Labute approximate surface area is 164 Å². The topological polar surface area (TPSA) is 57.3 Å². The summed E-state index contributed by atoms with van der Waals surface area (Å²) in [6.45, 7) is 1.94. The highest BCUT2D eigenvalue weighted by Gasteiger charge is 2.08. The van der Waals surface area contributed by atoms with Gasteiger partial charge < -0.3 is 15.5 Å². The summed E-state index contributed by atoms with van der Waals surface area (Å²) >= 11 is 6.16. The average molecular weight is 381 g/mol. The van der Waals surface area contributed by atoms with E-state index < -0.39 is 0 Å². The molecule has 0 bridgehead atoms. The molecule has 0 radical (unpaired) electrons. The van der Waals surface area contributed by atoms with Crippen molar-refractivity contribution in [3.63, 3.8) is 0 Å². The first kappa shape index (κ1) is 18.7. The number of aryl methyl sites for hydroxylation is 1. The van der Waals surface area contributed by atoms with Gasteiger partial charge in [0, 0.05) is 47.9 Å². The number of nitrogens with zero attached hydrogens (tertiary/aromatic N) is 2. The van der Waals surface area contributed by atoms with Crippen molar-refractivity contribution in [2.75, 3.05) is 29.6 Å². The number of carbonyl (C=O) groups excluding carboxylic acids is 1. The van der Waals surface area contributed by atoms with Crippen LogP contribution in [0.15, 0.2) is 60.8 Å². The van der Waals surface area contributed by atoms with E-state index in [1.807, 2.05) is 68.4 Å². The number of aromatic nitrogens is 1. The Hall–Kier alpha value is -3.05. The van der Waals surface area contributed by atoms with Gasteiger partial charge in [-0.2, -0.15) is 0 Å². The highest BCUT2D eigenvalue weighted by atomic mass is 35.5. The molecule has 3 aromatic rings. The fraction of sp³-hybridized carbons (Fsp3) is 0.143. The van der Waals surface area contributed by atoms with Gasteiger partial charge in [0.15, 0.2) is 0 Å². The molecule has 2 aromatic carbocycles. The van der Waals surface area contributed by atoms with Crippen LogP contribution in [0.25, 0.3) is 0 Å². The molecule has 0 atom stereocenters. The average Bonchev–Trinajstić information content (AvgIpc) is 2.65. The zero-order valence-electron chi connectivity index (χ0n) is 15.5. The van der Waals surface area contributed by atoms with Crippen molar-refractivity contribution in [2.24, 2.45) is 0 Å². The highest BCUT2D eigenvalue weighted by Crippen LogP contribution is 2.23. The van der Waals surface area contributed by atoms with Gasteiger partial charge in [-0.05, 0) is 61.0 Å². The standard InChI is InChI=1S/C21H21ClN4O/c1-14-4-5-17(13-19(14)22)24-20-12-15(10-11-23-20)21(27)25-16-6-8-18(9-7-16)26(2)3/h4-13H,1-3H3,(H,23,24)(H,25,27). The summed E-state index contributed by atoms with van der Waals surface area (Å²) in [4.78, 5) is 18.8. The Morgan fingerprint density at radius 1 is 1.00 bits per heavy atom. The van der Waals surface area contributed by atoms with Crippen molar-refractivity contribution in [1.29, 1.82) is 0 Å². The van der Waals surface area contributed by atoms with E-state index in [1.54, 1.807) is 18.3 Å². The number of halogens is 1. The Morgan fingerprint density at radius 2 is 1.70 bits per heavy atom. The molecular weight excluding hydrogens is 360 g/mol. The number of anilines is 4. The molecule has 0 aliphatic carbocycles. The second-order valence-electron chi connectivity index (χ2n) is 6.41. The molecule has 6 heteroatoms. The largest absolute Gasteiger partial charge is 0.378 e. The molecule has 0 aliphatic heterocycles. The van der Waals surface area contributed by atoms with Crippen LogP contribution in [0.3, 0.4) is 0 Å². The zero-order valence-corrected chi connectivity index (χ0v) is 16.2. The maximum atomic E-state index is 12.5. The van der Waals surface area contributed by atoms with Crippen LogP contribution in [-0.4, -0.2) is 25.0 Å². The summed E-state index contributed by atoms with van der Waals surface area (Å²) < 4.78 is 0. The second kappa shape index (κ2) is 8.10. The lowest BCUT2D eigenvalue weighted by atomic mass is 10.2. The molecule has 0 aliphatic rings. The summed E-state index contributed by atoms with van der Waals surface area (Å²) in [5, 5.41) is 6.74. The molecule has 1 aromatic heterocycles. The number of amides is 1. The normalized spacial score (nSPS) is 10.4. The summed E-state index contributed by atoms with van der Waals surface area (Å²) in [5.74, 6) is 0.380. The molecule has 27 heavy (non-hydrogen) atoms. The number of benzene rings is 2. The number of rotatable bonds is 5. The first-order valence-corrected chi connectivity index (χ1v) is 8.88. The van der Waals surface area contributed by atoms with E-state index in [1.165, 1.54) is 0 Å². The lowest BCUT2D eigenvalue weighted by Crippen LogP contribution is -2.13. The first-order chi connectivity index (χ1) is 12.9. The van der Waals surface area contributed by atoms with Gasteiger partial charge in [-0.15, -0.1) is 0 Å². The minimum Gasteiger partial charge on any atom is -0.378 e. The van der Waals surface area contributed by atoms with E-state index in [-0.39, 0.29) is 5.91 Å². The Bertz CT molecular complexity index is 955. The molecular formula is C21H21ClN4O. The van der Waals surface area contributed by atoms with Crippen LogP contribution in [0.2, 0.25) is 5.02 Å². The molecule has 0 saturated heterocycles. The Kier molecular flexibility index (Phi) is 5.62. The van der Waals surface area contributed by atoms with Gasteiger partial charge in [-0.1, -0.05) is 17.7 Å². The second-order valence-corrected chi connectivity index (χ2v) is 6.82. The van der Waals surface area contributed by atoms with Crippen molar-refractivity contribution in [3.05, 3.63) is 76.9 Å². The Balaban J connectivity index is 1.72. The fourth-order valence-electron chi connectivity index (χ4n) is 2.50. The van der Waals surface area contributed by atoms with Crippen LogP contribution >= 0.6 is 11.6 Å². The van der Waals surface area contributed by atoms with Gasteiger partial charge in [0.1, 0.15) is 5.82 Å². The lowest BCUT2D eigenvalue weighted by Gasteiger charge is -2.13. The number of pyridine rings is 1. The maximum absolute atomic E-state index is 12.5. The SMILES string of the molecule is Cc1ccc(Nc2cc(C(=O)Nc3ccc(N(C)C)cc3)ccn2)cc1Cl. The maximum Gasteiger partial charge on any atom is 0.255 e. The summed E-state index contributed by atoms with van der Waals surface area (Å²) in [6, 6.07) is 16.7. The molecule has 0 saturated carbocycles. The summed E-state index contributed by atoms with van der Waals surface area (Å²) in [7, 11) is 3.95. The van der Waals surface area contributed by atoms with E-state index >= 15 is 0 Å². The van der Waals surface area contributed by atoms with Crippen molar-refractivity contribution < 1.29 is 4.79 Å². The smallest absolute Gasteiger partial charge is 0.255 e. The van der Waals surface area contributed by atoms with Crippen LogP contribution in [0, 0.1) is 6.92 Å². The van der Waals surface area contributed by atoms with Crippen molar-refractivity contribution in [2.45, 2.75) is 6.92 Å². The molecule has 3 rings (SSSR count).